The normalized spacial score (nSPS) is 12.2. The van der Waals surface area contributed by atoms with Crippen molar-refractivity contribution >= 4 is 28.5 Å². The second-order valence-corrected chi connectivity index (χ2v) is 9.22. The molecule has 1 atom stereocenters. The van der Waals surface area contributed by atoms with Crippen LogP contribution in [0.5, 0.6) is 5.75 Å². The zero-order chi connectivity index (χ0) is 24.2. The first-order valence-electron chi connectivity index (χ1n) is 11.5. The lowest BCUT2D eigenvalue weighted by Crippen LogP contribution is -2.39. The molecule has 0 bridgehead atoms. The summed E-state index contributed by atoms with van der Waals surface area (Å²) in [5.41, 5.74) is 3.81. The Morgan fingerprint density at radius 2 is 1.74 bits per heavy atom. The van der Waals surface area contributed by atoms with Crippen molar-refractivity contribution in [3.8, 4) is 5.75 Å². The third-order valence-electron chi connectivity index (χ3n) is 5.92. The van der Waals surface area contributed by atoms with Gasteiger partial charge in [-0.15, -0.1) is 0 Å². The summed E-state index contributed by atoms with van der Waals surface area (Å²) in [6, 6.07) is 23.6. The summed E-state index contributed by atoms with van der Waals surface area (Å²) < 4.78 is 8.20. The van der Waals surface area contributed by atoms with Crippen LogP contribution in [0.4, 0.5) is 0 Å². The monoisotopic (exact) mass is 475 g/mol. The molecule has 0 saturated heterocycles. The summed E-state index contributed by atoms with van der Waals surface area (Å²) in [7, 11) is 0. The van der Waals surface area contributed by atoms with E-state index in [1.165, 1.54) is 0 Å². The van der Waals surface area contributed by atoms with Gasteiger partial charge in [0, 0.05) is 17.6 Å². The lowest BCUT2D eigenvalue weighted by Gasteiger charge is -2.28. The second-order valence-electron chi connectivity index (χ2n) is 8.82. The average molecular weight is 476 g/mol. The summed E-state index contributed by atoms with van der Waals surface area (Å²) in [4.78, 5) is 20.3. The number of para-hydroxylation sites is 2. The minimum Gasteiger partial charge on any atom is -0.483 e. The van der Waals surface area contributed by atoms with E-state index in [4.69, 9.17) is 21.3 Å². The Morgan fingerprint density at radius 3 is 2.44 bits per heavy atom. The molecule has 3 aromatic carbocycles. The highest BCUT2D eigenvalue weighted by Crippen LogP contribution is 2.28. The van der Waals surface area contributed by atoms with Crippen molar-refractivity contribution < 1.29 is 9.53 Å². The maximum absolute atomic E-state index is 13.5. The number of amides is 1. The molecule has 4 aromatic rings. The molecule has 6 heteroatoms. The van der Waals surface area contributed by atoms with Gasteiger partial charge >= 0.3 is 0 Å². The molecule has 0 saturated carbocycles. The molecule has 0 spiro atoms. The van der Waals surface area contributed by atoms with E-state index in [1.54, 1.807) is 0 Å². The largest absolute Gasteiger partial charge is 0.483 e. The van der Waals surface area contributed by atoms with E-state index in [0.717, 1.165) is 22.2 Å². The molecular weight excluding hydrogens is 446 g/mol. The second kappa shape index (κ2) is 10.3. The van der Waals surface area contributed by atoms with Gasteiger partial charge in [0.1, 0.15) is 12.3 Å². The van der Waals surface area contributed by atoms with Crippen LogP contribution in [0.2, 0.25) is 5.02 Å². The van der Waals surface area contributed by atoms with Crippen molar-refractivity contribution in [3.63, 3.8) is 0 Å². The maximum Gasteiger partial charge on any atom is 0.243 e. The van der Waals surface area contributed by atoms with Gasteiger partial charge in [-0.2, -0.15) is 0 Å². The van der Waals surface area contributed by atoms with E-state index < -0.39 is 0 Å². The summed E-state index contributed by atoms with van der Waals surface area (Å²) in [6.07, 6.45) is -0.359. The van der Waals surface area contributed by atoms with Gasteiger partial charge in [-0.05, 0) is 69.2 Å². The van der Waals surface area contributed by atoms with Crippen LogP contribution in [0.25, 0.3) is 11.0 Å². The number of carbonyl (C=O) groups is 1. The third kappa shape index (κ3) is 5.26. The van der Waals surface area contributed by atoms with Gasteiger partial charge in [0.2, 0.25) is 5.91 Å². The van der Waals surface area contributed by atoms with Crippen LogP contribution >= 0.6 is 11.6 Å². The molecule has 176 valence electrons. The summed E-state index contributed by atoms with van der Waals surface area (Å²) in [5.74, 6) is 1.47. The number of ether oxygens (including phenoxy) is 1. The fourth-order valence-electron chi connectivity index (χ4n) is 4.08. The number of fused-ring (bicyclic) bond motifs is 1. The molecular formula is C28H30ClN3O2. The van der Waals surface area contributed by atoms with Gasteiger partial charge in [-0.3, -0.25) is 4.79 Å². The first-order valence-corrected chi connectivity index (χ1v) is 11.9. The molecule has 5 nitrogen and oxygen atoms in total. The molecule has 0 fully saturated rings. The van der Waals surface area contributed by atoms with Gasteiger partial charge < -0.3 is 14.2 Å². The smallest absolute Gasteiger partial charge is 0.243 e. The maximum atomic E-state index is 13.5. The zero-order valence-electron chi connectivity index (χ0n) is 20.0. The summed E-state index contributed by atoms with van der Waals surface area (Å²) in [6.45, 7) is 8.74. The lowest BCUT2D eigenvalue weighted by molar-refractivity contribution is -0.134. The molecule has 1 amide bonds. The molecule has 34 heavy (non-hydrogen) atoms. The van der Waals surface area contributed by atoms with Gasteiger partial charge in [-0.1, -0.05) is 54.1 Å². The predicted octanol–water partition coefficient (Wildman–Crippen LogP) is 6.58. The van der Waals surface area contributed by atoms with Crippen LogP contribution in [0, 0.1) is 6.92 Å². The molecule has 0 aliphatic rings. The fraction of sp³-hybridized carbons (Fsp3) is 0.286. The van der Waals surface area contributed by atoms with Crippen molar-refractivity contribution in [2.75, 3.05) is 0 Å². The third-order valence-corrected chi connectivity index (χ3v) is 6.35. The lowest BCUT2D eigenvalue weighted by atomic mass is 10.2. The van der Waals surface area contributed by atoms with Gasteiger partial charge in [0.05, 0.1) is 11.0 Å². The SMILES string of the molecule is Cc1cc(OC(C)c2nc3ccccc3n2CC(=O)N(Cc2ccccc2)C(C)C)ccc1Cl. The van der Waals surface area contributed by atoms with Crippen molar-refractivity contribution in [1.82, 2.24) is 14.5 Å². The molecule has 1 unspecified atom stereocenters. The first kappa shape index (κ1) is 23.8. The van der Waals surface area contributed by atoms with E-state index in [-0.39, 0.29) is 24.6 Å². The minimum absolute atomic E-state index is 0.0396. The Bertz CT molecular complexity index is 1280. The number of halogens is 1. The van der Waals surface area contributed by atoms with Crippen molar-refractivity contribution in [2.24, 2.45) is 0 Å². The number of aryl methyl sites for hydroxylation is 1. The Labute approximate surface area is 205 Å². The number of hydrogen-bond donors (Lipinski definition) is 0. The Hall–Kier alpha value is -3.31. The highest BCUT2D eigenvalue weighted by Gasteiger charge is 2.23. The highest BCUT2D eigenvalue weighted by molar-refractivity contribution is 6.31. The van der Waals surface area contributed by atoms with Gasteiger partial charge in [0.25, 0.3) is 0 Å². The average Bonchev–Trinajstić information content (AvgIpc) is 3.19. The zero-order valence-corrected chi connectivity index (χ0v) is 20.8. The predicted molar refractivity (Wildman–Crippen MR) is 137 cm³/mol. The van der Waals surface area contributed by atoms with Crippen LogP contribution in [0.15, 0.2) is 72.8 Å². The van der Waals surface area contributed by atoms with Gasteiger partial charge in [0.15, 0.2) is 11.9 Å². The molecule has 0 N–H and O–H groups in total. The standard InChI is InChI=1S/C28H30ClN3O2/c1-19(2)31(17-22-10-6-5-7-11-22)27(33)18-32-26-13-9-8-12-25(26)30-28(32)21(4)34-23-14-15-24(29)20(3)16-23/h5-16,19,21H,17-18H2,1-4H3. The topological polar surface area (TPSA) is 47.4 Å². The van der Waals surface area contributed by atoms with Crippen molar-refractivity contribution in [3.05, 3.63) is 94.8 Å². The molecule has 1 aromatic heterocycles. The Morgan fingerprint density at radius 1 is 1.03 bits per heavy atom. The highest BCUT2D eigenvalue weighted by atomic mass is 35.5. The number of nitrogens with zero attached hydrogens (tertiary/aromatic N) is 3. The molecule has 0 aliphatic carbocycles. The van der Waals surface area contributed by atoms with Crippen LogP contribution < -0.4 is 4.74 Å². The molecule has 0 aliphatic heterocycles. The van der Waals surface area contributed by atoms with Crippen LogP contribution in [0.3, 0.4) is 0 Å². The van der Waals surface area contributed by atoms with Crippen LogP contribution in [-0.2, 0) is 17.9 Å². The van der Waals surface area contributed by atoms with E-state index in [9.17, 15) is 4.79 Å². The van der Waals surface area contributed by atoms with E-state index in [1.807, 2.05) is 110 Å². The van der Waals surface area contributed by atoms with Gasteiger partial charge in [-0.25, -0.2) is 4.98 Å². The van der Waals surface area contributed by atoms with E-state index in [2.05, 4.69) is 0 Å². The molecule has 0 radical (unpaired) electrons. The number of imidazole rings is 1. The van der Waals surface area contributed by atoms with E-state index >= 15 is 0 Å². The van der Waals surface area contributed by atoms with Crippen LogP contribution in [-0.4, -0.2) is 26.4 Å². The molecule has 1 heterocycles. The number of carbonyl (C=O) groups excluding carboxylic acids is 1. The van der Waals surface area contributed by atoms with Crippen LogP contribution in [0.1, 0.15) is 43.8 Å². The van der Waals surface area contributed by atoms with E-state index in [0.29, 0.717) is 23.1 Å². The number of aromatic nitrogens is 2. The minimum atomic E-state index is -0.359. The number of rotatable bonds is 8. The first-order chi connectivity index (χ1) is 16.3. The Balaban J connectivity index is 1.63. The molecule has 4 rings (SSSR count). The Kier molecular flexibility index (Phi) is 7.23. The van der Waals surface area contributed by atoms with Crippen molar-refractivity contribution in [1.29, 1.82) is 0 Å². The quantitative estimate of drug-likeness (QED) is 0.289. The summed E-state index contributed by atoms with van der Waals surface area (Å²) in [5, 5.41) is 0.699. The summed E-state index contributed by atoms with van der Waals surface area (Å²) >= 11 is 6.17. The number of benzene rings is 3. The fourth-order valence-corrected chi connectivity index (χ4v) is 4.20. The number of hydrogen-bond acceptors (Lipinski definition) is 3. The van der Waals surface area contributed by atoms with Crippen molar-refractivity contribution in [2.45, 2.75) is 52.9 Å².